The van der Waals surface area contributed by atoms with Gasteiger partial charge in [0, 0.05) is 6.07 Å². The molecular weight excluding hydrogens is 250 g/mol. The van der Waals surface area contributed by atoms with E-state index >= 15 is 0 Å². The molecule has 1 unspecified atom stereocenters. The molecule has 7 heteroatoms. The molecule has 1 rings (SSSR count). The highest BCUT2D eigenvalue weighted by Gasteiger charge is 2.22. The van der Waals surface area contributed by atoms with Crippen LogP contribution >= 0.6 is 0 Å². The Morgan fingerprint density at radius 2 is 2.00 bits per heavy atom. The fourth-order valence-corrected chi connectivity index (χ4v) is 1.58. The van der Waals surface area contributed by atoms with Crippen LogP contribution in [0.25, 0.3) is 0 Å². The van der Waals surface area contributed by atoms with Crippen molar-refractivity contribution in [1.29, 1.82) is 0 Å². The summed E-state index contributed by atoms with van der Waals surface area (Å²) in [5.41, 5.74) is 5.48. The maximum absolute atomic E-state index is 12.0. The number of phenols is 2. The number of rotatable bonds is 4. The molecule has 104 valence electrons. The van der Waals surface area contributed by atoms with Crippen LogP contribution < -0.4 is 11.1 Å². The van der Waals surface area contributed by atoms with E-state index in [-0.39, 0.29) is 28.8 Å². The Balaban J connectivity index is 2.94. The standard InChI is InChI=1S/C12H17N3O4/c1-6(2)10(11(13)15-19)14-12(18)8-4-3-7(16)5-9(8)17/h3-6,10,16-17,19H,1-2H3,(H2,13,15)(H,14,18). The highest BCUT2D eigenvalue weighted by atomic mass is 16.4. The number of hydrogen-bond donors (Lipinski definition) is 5. The quantitative estimate of drug-likeness (QED) is 0.236. The van der Waals surface area contributed by atoms with Gasteiger partial charge in [0.2, 0.25) is 0 Å². The molecule has 0 fully saturated rings. The number of carbonyl (C=O) groups is 1. The smallest absolute Gasteiger partial charge is 0.255 e. The summed E-state index contributed by atoms with van der Waals surface area (Å²) in [5, 5.41) is 32.8. The zero-order chi connectivity index (χ0) is 14.6. The SMILES string of the molecule is CC(C)C(NC(=O)c1ccc(O)cc1O)/C(N)=N/O. The first-order valence-electron chi connectivity index (χ1n) is 5.67. The molecule has 1 aromatic rings. The lowest BCUT2D eigenvalue weighted by Gasteiger charge is -2.21. The van der Waals surface area contributed by atoms with Crippen molar-refractivity contribution in [2.45, 2.75) is 19.9 Å². The first kappa shape index (κ1) is 14.6. The number of carbonyl (C=O) groups excluding carboxylic acids is 1. The number of nitrogens with one attached hydrogen (secondary N) is 1. The minimum absolute atomic E-state index is 0.00538. The van der Waals surface area contributed by atoms with Crippen molar-refractivity contribution in [3.8, 4) is 11.5 Å². The van der Waals surface area contributed by atoms with E-state index in [0.717, 1.165) is 6.07 Å². The fourth-order valence-electron chi connectivity index (χ4n) is 1.58. The van der Waals surface area contributed by atoms with Gasteiger partial charge in [-0.15, -0.1) is 0 Å². The second kappa shape index (κ2) is 5.94. The molecule has 0 aliphatic rings. The Labute approximate surface area is 110 Å². The van der Waals surface area contributed by atoms with E-state index < -0.39 is 11.9 Å². The summed E-state index contributed by atoms with van der Waals surface area (Å²) < 4.78 is 0. The Kier molecular flexibility index (Phi) is 4.57. The van der Waals surface area contributed by atoms with E-state index in [9.17, 15) is 9.90 Å². The molecule has 19 heavy (non-hydrogen) atoms. The van der Waals surface area contributed by atoms with Crippen LogP contribution in [0.15, 0.2) is 23.4 Å². The summed E-state index contributed by atoms with van der Waals surface area (Å²) in [6.45, 7) is 3.58. The van der Waals surface area contributed by atoms with Crippen molar-refractivity contribution >= 4 is 11.7 Å². The van der Waals surface area contributed by atoms with Crippen molar-refractivity contribution in [3.63, 3.8) is 0 Å². The van der Waals surface area contributed by atoms with E-state index in [0.29, 0.717) is 0 Å². The average molecular weight is 267 g/mol. The maximum atomic E-state index is 12.0. The second-order valence-electron chi connectivity index (χ2n) is 4.42. The van der Waals surface area contributed by atoms with Crippen LogP contribution in [0, 0.1) is 5.92 Å². The van der Waals surface area contributed by atoms with Crippen molar-refractivity contribution in [2.75, 3.05) is 0 Å². The van der Waals surface area contributed by atoms with Crippen LogP contribution in [0.1, 0.15) is 24.2 Å². The third-order valence-corrected chi connectivity index (χ3v) is 2.61. The summed E-state index contributed by atoms with van der Waals surface area (Å²) in [5.74, 6) is -1.30. The molecule has 0 saturated carbocycles. The lowest BCUT2D eigenvalue weighted by molar-refractivity contribution is 0.0936. The van der Waals surface area contributed by atoms with Crippen LogP contribution in [-0.2, 0) is 0 Å². The van der Waals surface area contributed by atoms with E-state index in [1.54, 1.807) is 13.8 Å². The number of nitrogens with zero attached hydrogens (tertiary/aromatic N) is 1. The number of aromatic hydroxyl groups is 2. The average Bonchev–Trinajstić information content (AvgIpc) is 2.34. The van der Waals surface area contributed by atoms with Gasteiger partial charge >= 0.3 is 0 Å². The molecule has 6 N–H and O–H groups in total. The minimum Gasteiger partial charge on any atom is -0.508 e. The number of nitrogens with two attached hydrogens (primary N) is 1. The monoisotopic (exact) mass is 267 g/mol. The number of benzene rings is 1. The van der Waals surface area contributed by atoms with Gasteiger partial charge in [-0.05, 0) is 18.1 Å². The van der Waals surface area contributed by atoms with Crippen LogP contribution in [0.2, 0.25) is 0 Å². The third-order valence-electron chi connectivity index (χ3n) is 2.61. The Hall–Kier alpha value is -2.44. The summed E-state index contributed by atoms with van der Waals surface area (Å²) in [6.07, 6.45) is 0. The summed E-state index contributed by atoms with van der Waals surface area (Å²) in [6, 6.07) is 2.96. The first-order chi connectivity index (χ1) is 8.86. The molecule has 0 radical (unpaired) electrons. The topological polar surface area (TPSA) is 128 Å². The molecule has 0 heterocycles. The van der Waals surface area contributed by atoms with Gasteiger partial charge in [0.15, 0.2) is 5.84 Å². The highest BCUT2D eigenvalue weighted by Crippen LogP contribution is 2.22. The van der Waals surface area contributed by atoms with Crippen molar-refractivity contribution < 1.29 is 20.2 Å². The summed E-state index contributed by atoms with van der Waals surface area (Å²) >= 11 is 0. The zero-order valence-corrected chi connectivity index (χ0v) is 10.7. The molecule has 0 bridgehead atoms. The first-order valence-corrected chi connectivity index (χ1v) is 5.67. The molecule has 0 aliphatic carbocycles. The van der Waals surface area contributed by atoms with Crippen molar-refractivity contribution in [3.05, 3.63) is 23.8 Å². The lowest BCUT2D eigenvalue weighted by Crippen LogP contribution is -2.47. The number of hydrogen-bond acceptors (Lipinski definition) is 5. The fraction of sp³-hybridized carbons (Fsp3) is 0.333. The summed E-state index contributed by atoms with van der Waals surface area (Å²) in [4.78, 5) is 12.0. The Bertz CT molecular complexity index is 500. The van der Waals surface area contributed by atoms with E-state index in [4.69, 9.17) is 16.0 Å². The molecule has 0 saturated heterocycles. The van der Waals surface area contributed by atoms with Crippen LogP contribution in [-0.4, -0.2) is 33.2 Å². The number of oxime groups is 1. The lowest BCUT2D eigenvalue weighted by atomic mass is 10.0. The van der Waals surface area contributed by atoms with Crippen LogP contribution in [0.3, 0.4) is 0 Å². The Morgan fingerprint density at radius 1 is 1.37 bits per heavy atom. The maximum Gasteiger partial charge on any atom is 0.255 e. The molecule has 0 spiro atoms. The highest BCUT2D eigenvalue weighted by molar-refractivity contribution is 6.00. The van der Waals surface area contributed by atoms with E-state index in [1.165, 1.54) is 12.1 Å². The molecule has 0 aliphatic heterocycles. The van der Waals surface area contributed by atoms with Crippen LogP contribution in [0.4, 0.5) is 0 Å². The van der Waals surface area contributed by atoms with Gasteiger partial charge in [0.05, 0.1) is 11.6 Å². The summed E-state index contributed by atoms with van der Waals surface area (Å²) in [7, 11) is 0. The van der Waals surface area contributed by atoms with E-state index in [1.807, 2.05) is 0 Å². The number of amides is 1. The van der Waals surface area contributed by atoms with E-state index in [2.05, 4.69) is 10.5 Å². The number of amidine groups is 1. The normalized spacial score (nSPS) is 13.3. The predicted molar refractivity (Wildman–Crippen MR) is 69.3 cm³/mol. The number of phenolic OH excluding ortho intramolecular Hbond substituents is 2. The molecular formula is C12H17N3O4. The molecule has 1 amide bonds. The van der Waals surface area contributed by atoms with Gasteiger partial charge in [-0.1, -0.05) is 19.0 Å². The van der Waals surface area contributed by atoms with Gasteiger partial charge in [0.25, 0.3) is 5.91 Å². The zero-order valence-electron chi connectivity index (χ0n) is 10.7. The van der Waals surface area contributed by atoms with Crippen molar-refractivity contribution in [1.82, 2.24) is 5.32 Å². The minimum atomic E-state index is -0.661. The molecule has 7 nitrogen and oxygen atoms in total. The molecule has 0 aromatic heterocycles. The Morgan fingerprint density at radius 3 is 2.47 bits per heavy atom. The van der Waals surface area contributed by atoms with Crippen molar-refractivity contribution in [2.24, 2.45) is 16.8 Å². The van der Waals surface area contributed by atoms with Gasteiger partial charge in [-0.2, -0.15) is 0 Å². The third kappa shape index (κ3) is 3.51. The van der Waals surface area contributed by atoms with Gasteiger partial charge in [-0.25, -0.2) is 0 Å². The predicted octanol–water partition coefficient (Wildman–Crippen LogP) is 0.599. The van der Waals surface area contributed by atoms with Gasteiger partial charge in [-0.3, -0.25) is 4.79 Å². The second-order valence-corrected chi connectivity index (χ2v) is 4.42. The largest absolute Gasteiger partial charge is 0.508 e. The molecule has 1 atom stereocenters. The van der Waals surface area contributed by atoms with Gasteiger partial charge in [0.1, 0.15) is 11.5 Å². The van der Waals surface area contributed by atoms with Crippen LogP contribution in [0.5, 0.6) is 11.5 Å². The molecule has 1 aromatic carbocycles. The van der Waals surface area contributed by atoms with Gasteiger partial charge < -0.3 is 26.5 Å².